The van der Waals surface area contributed by atoms with Crippen molar-refractivity contribution in [3.8, 4) is 11.5 Å². The van der Waals surface area contributed by atoms with Crippen molar-refractivity contribution in [3.05, 3.63) is 18.6 Å². The van der Waals surface area contributed by atoms with Crippen LogP contribution in [0.2, 0.25) is 0 Å². The number of hydrogen-bond donors (Lipinski definition) is 1. The average Bonchev–Trinajstić information content (AvgIpc) is 2.84. The minimum Gasteiger partial charge on any atom is -0.368 e. The molecule has 0 amide bonds. The highest BCUT2D eigenvalue weighted by atomic mass is 32.2. The van der Waals surface area contributed by atoms with Gasteiger partial charge in [-0.15, -0.1) is 5.10 Å². The lowest BCUT2D eigenvalue weighted by Gasteiger charge is -1.97. The molecule has 8 nitrogen and oxygen atoms in total. The Hall–Kier alpha value is -2.29. The summed E-state index contributed by atoms with van der Waals surface area (Å²) in [6.45, 7) is 0. The molecule has 90 valence electrons. The Balaban J connectivity index is 2.20. The van der Waals surface area contributed by atoms with Gasteiger partial charge in [0.05, 0.1) is 6.20 Å². The third-order valence-corrected chi connectivity index (χ3v) is 2.74. The van der Waals surface area contributed by atoms with Crippen LogP contribution in [0.4, 0.5) is 5.95 Å². The topological polar surface area (TPSA) is 108 Å². The van der Waals surface area contributed by atoms with Crippen molar-refractivity contribution < 1.29 is 0 Å². The van der Waals surface area contributed by atoms with Crippen LogP contribution in [0, 0.1) is 0 Å². The van der Waals surface area contributed by atoms with E-state index in [1.165, 1.54) is 16.3 Å². The van der Waals surface area contributed by atoms with Crippen LogP contribution in [-0.2, 0) is 0 Å². The van der Waals surface area contributed by atoms with Crippen molar-refractivity contribution in [3.63, 3.8) is 0 Å². The highest BCUT2D eigenvalue weighted by molar-refractivity contribution is 7.98. The van der Waals surface area contributed by atoms with E-state index in [0.717, 1.165) is 0 Å². The largest absolute Gasteiger partial charge is 0.368 e. The summed E-state index contributed by atoms with van der Waals surface area (Å²) in [6.07, 6.45) is 6.60. The zero-order valence-electron chi connectivity index (χ0n) is 9.35. The van der Waals surface area contributed by atoms with E-state index in [1.54, 1.807) is 18.6 Å². The molecule has 0 bridgehead atoms. The average molecular weight is 260 g/mol. The molecule has 3 heterocycles. The summed E-state index contributed by atoms with van der Waals surface area (Å²) in [5.41, 5.74) is 6.35. The number of fused-ring (bicyclic) bond motifs is 1. The predicted molar refractivity (Wildman–Crippen MR) is 65.8 cm³/mol. The van der Waals surface area contributed by atoms with Crippen molar-refractivity contribution in [2.45, 2.75) is 5.16 Å². The lowest BCUT2D eigenvalue weighted by atomic mass is 10.4. The molecule has 0 aliphatic rings. The second kappa shape index (κ2) is 4.18. The Bertz CT molecular complexity index is 694. The molecule has 2 N–H and O–H groups in total. The van der Waals surface area contributed by atoms with E-state index in [2.05, 4.69) is 30.0 Å². The van der Waals surface area contributed by atoms with Gasteiger partial charge in [-0.3, -0.25) is 4.98 Å². The van der Waals surface area contributed by atoms with E-state index in [9.17, 15) is 0 Å². The number of anilines is 1. The second-order valence-corrected chi connectivity index (χ2v) is 4.08. The van der Waals surface area contributed by atoms with Crippen LogP contribution < -0.4 is 5.73 Å². The normalized spacial score (nSPS) is 10.9. The van der Waals surface area contributed by atoms with E-state index in [0.29, 0.717) is 22.5 Å². The fraction of sp³-hybridized carbons (Fsp3) is 0.111. The first-order valence-corrected chi connectivity index (χ1v) is 6.21. The maximum absolute atomic E-state index is 5.78. The molecule has 0 aliphatic heterocycles. The number of thioether (sulfide) groups is 1. The van der Waals surface area contributed by atoms with Crippen molar-refractivity contribution in [2.24, 2.45) is 0 Å². The zero-order valence-corrected chi connectivity index (χ0v) is 10.2. The van der Waals surface area contributed by atoms with E-state index in [4.69, 9.17) is 5.73 Å². The molecule has 18 heavy (non-hydrogen) atoms. The summed E-state index contributed by atoms with van der Waals surface area (Å²) in [7, 11) is 0. The number of nitrogens with zero attached hydrogens (tertiary/aromatic N) is 7. The van der Waals surface area contributed by atoms with Crippen LogP contribution in [-0.4, -0.2) is 40.8 Å². The quantitative estimate of drug-likeness (QED) is 0.654. The molecule has 0 aromatic carbocycles. The maximum Gasteiger partial charge on any atom is 0.258 e. The predicted octanol–water partition coefficient (Wildman–Crippen LogP) is 0.280. The summed E-state index contributed by atoms with van der Waals surface area (Å²) in [6, 6.07) is 0. The van der Waals surface area contributed by atoms with Crippen molar-refractivity contribution >= 4 is 23.5 Å². The Morgan fingerprint density at radius 2 is 2.11 bits per heavy atom. The minimum absolute atomic E-state index is 0.243. The molecule has 0 saturated heterocycles. The van der Waals surface area contributed by atoms with Gasteiger partial charge in [0.15, 0.2) is 5.16 Å². The van der Waals surface area contributed by atoms with Gasteiger partial charge < -0.3 is 5.73 Å². The van der Waals surface area contributed by atoms with Crippen LogP contribution >= 0.6 is 11.8 Å². The SMILES string of the molecule is CSc1nc(N)n2nc(-c3cnccn3)nc2n1. The molecule has 9 heteroatoms. The molecule has 0 radical (unpaired) electrons. The Morgan fingerprint density at radius 1 is 1.22 bits per heavy atom. The monoisotopic (exact) mass is 260 g/mol. The van der Waals surface area contributed by atoms with Crippen molar-refractivity contribution in [2.75, 3.05) is 12.0 Å². The van der Waals surface area contributed by atoms with Gasteiger partial charge in [0, 0.05) is 12.4 Å². The first-order valence-electron chi connectivity index (χ1n) is 4.98. The van der Waals surface area contributed by atoms with Gasteiger partial charge in [-0.1, -0.05) is 11.8 Å². The van der Waals surface area contributed by atoms with Crippen molar-refractivity contribution in [1.29, 1.82) is 0 Å². The van der Waals surface area contributed by atoms with E-state index in [-0.39, 0.29) is 5.95 Å². The summed E-state index contributed by atoms with van der Waals surface area (Å²) in [5, 5.41) is 4.76. The molecule has 0 unspecified atom stereocenters. The standard InChI is InChI=1S/C9H8N8S/c1-18-9-14-7(10)17-8(15-9)13-6(16-17)5-4-11-2-3-12-5/h2-4H,1H3,(H2,10,13,14,15,16). The minimum atomic E-state index is 0.243. The molecular formula is C9H8N8S. The highest BCUT2D eigenvalue weighted by Gasteiger charge is 2.12. The van der Waals surface area contributed by atoms with E-state index >= 15 is 0 Å². The molecular weight excluding hydrogens is 252 g/mol. The molecule has 0 aliphatic carbocycles. The zero-order chi connectivity index (χ0) is 12.5. The van der Waals surface area contributed by atoms with E-state index < -0.39 is 0 Å². The lowest BCUT2D eigenvalue weighted by Crippen LogP contribution is -2.04. The van der Waals surface area contributed by atoms with Crippen LogP contribution in [0.3, 0.4) is 0 Å². The smallest absolute Gasteiger partial charge is 0.258 e. The van der Waals surface area contributed by atoms with Gasteiger partial charge in [-0.25, -0.2) is 4.98 Å². The van der Waals surface area contributed by atoms with Gasteiger partial charge >= 0.3 is 0 Å². The first-order chi connectivity index (χ1) is 8.78. The number of nitrogen functional groups attached to an aromatic ring is 1. The molecule has 3 rings (SSSR count). The molecule has 0 atom stereocenters. The number of aromatic nitrogens is 7. The van der Waals surface area contributed by atoms with Gasteiger partial charge in [0.1, 0.15) is 5.69 Å². The molecule has 0 spiro atoms. The fourth-order valence-corrected chi connectivity index (χ4v) is 1.76. The van der Waals surface area contributed by atoms with Crippen LogP contribution in [0.1, 0.15) is 0 Å². The van der Waals surface area contributed by atoms with Crippen molar-refractivity contribution in [1.82, 2.24) is 34.5 Å². The van der Waals surface area contributed by atoms with Gasteiger partial charge in [-0.2, -0.15) is 19.5 Å². The first kappa shape index (κ1) is 10.8. The van der Waals surface area contributed by atoms with Crippen LogP contribution in [0.5, 0.6) is 0 Å². The summed E-state index contributed by atoms with van der Waals surface area (Å²) in [4.78, 5) is 20.6. The number of hydrogen-bond acceptors (Lipinski definition) is 8. The third-order valence-electron chi connectivity index (χ3n) is 2.19. The molecule has 3 aromatic heterocycles. The van der Waals surface area contributed by atoms with E-state index in [1.807, 2.05) is 6.26 Å². The Morgan fingerprint density at radius 3 is 2.83 bits per heavy atom. The van der Waals surface area contributed by atoms with Crippen LogP contribution in [0.25, 0.3) is 17.3 Å². The molecule has 0 saturated carbocycles. The number of nitrogens with two attached hydrogens (primary N) is 1. The van der Waals surface area contributed by atoms with Gasteiger partial charge in [-0.05, 0) is 6.26 Å². The number of rotatable bonds is 2. The maximum atomic E-state index is 5.78. The molecule has 0 fully saturated rings. The Labute approximate surface area is 106 Å². The molecule has 3 aromatic rings. The second-order valence-electron chi connectivity index (χ2n) is 3.31. The van der Waals surface area contributed by atoms with Gasteiger partial charge in [0.25, 0.3) is 5.78 Å². The summed E-state index contributed by atoms with van der Waals surface area (Å²) >= 11 is 1.39. The third kappa shape index (κ3) is 1.74. The lowest BCUT2D eigenvalue weighted by molar-refractivity contribution is 0.850. The summed E-state index contributed by atoms with van der Waals surface area (Å²) < 4.78 is 1.38. The Kier molecular flexibility index (Phi) is 2.52. The highest BCUT2D eigenvalue weighted by Crippen LogP contribution is 2.15. The van der Waals surface area contributed by atoms with Crippen LogP contribution in [0.15, 0.2) is 23.7 Å². The fourth-order valence-electron chi connectivity index (χ4n) is 1.40. The van der Waals surface area contributed by atoms with Gasteiger partial charge in [0.2, 0.25) is 11.8 Å². The summed E-state index contributed by atoms with van der Waals surface area (Å²) in [5.74, 6) is 1.06.